The van der Waals surface area contributed by atoms with Crippen LogP contribution in [0.25, 0.3) is 0 Å². The van der Waals surface area contributed by atoms with Crippen LogP contribution in [0.2, 0.25) is 0 Å². The Labute approximate surface area is 96.7 Å². The van der Waals surface area contributed by atoms with Crippen LogP contribution in [-0.2, 0) is 13.5 Å². The SMILES string of the molecule is Cn1nccc1CCNC1CCCC1CO. The van der Waals surface area contributed by atoms with E-state index in [1.165, 1.54) is 25.0 Å². The summed E-state index contributed by atoms with van der Waals surface area (Å²) in [6.07, 6.45) is 6.46. The average Bonchev–Trinajstić information content (AvgIpc) is 2.88. The number of hydrogen-bond donors (Lipinski definition) is 2. The summed E-state index contributed by atoms with van der Waals surface area (Å²) in [6, 6.07) is 2.57. The van der Waals surface area contributed by atoms with Gasteiger partial charge >= 0.3 is 0 Å². The first-order valence-electron chi connectivity index (χ1n) is 6.12. The van der Waals surface area contributed by atoms with Gasteiger partial charge in [-0.15, -0.1) is 0 Å². The van der Waals surface area contributed by atoms with Crippen molar-refractivity contribution in [1.82, 2.24) is 15.1 Å². The van der Waals surface area contributed by atoms with Crippen molar-refractivity contribution in [3.8, 4) is 0 Å². The summed E-state index contributed by atoms with van der Waals surface area (Å²) >= 11 is 0. The number of nitrogens with one attached hydrogen (secondary N) is 1. The highest BCUT2D eigenvalue weighted by Crippen LogP contribution is 2.24. The molecule has 1 heterocycles. The number of hydrogen-bond acceptors (Lipinski definition) is 3. The van der Waals surface area contributed by atoms with E-state index in [-0.39, 0.29) is 0 Å². The minimum Gasteiger partial charge on any atom is -0.396 e. The topological polar surface area (TPSA) is 50.1 Å². The van der Waals surface area contributed by atoms with Gasteiger partial charge in [-0.3, -0.25) is 4.68 Å². The minimum atomic E-state index is 0.323. The quantitative estimate of drug-likeness (QED) is 0.773. The zero-order valence-electron chi connectivity index (χ0n) is 9.89. The molecule has 0 aliphatic heterocycles. The molecule has 16 heavy (non-hydrogen) atoms. The Balaban J connectivity index is 1.74. The van der Waals surface area contributed by atoms with Crippen molar-refractivity contribution in [3.63, 3.8) is 0 Å². The molecule has 90 valence electrons. The van der Waals surface area contributed by atoms with Gasteiger partial charge in [0.05, 0.1) is 0 Å². The number of nitrogens with zero attached hydrogens (tertiary/aromatic N) is 2. The number of aliphatic hydroxyl groups excluding tert-OH is 1. The Bertz CT molecular complexity index is 324. The van der Waals surface area contributed by atoms with E-state index in [2.05, 4.69) is 16.5 Å². The van der Waals surface area contributed by atoms with Crippen LogP contribution in [0, 0.1) is 5.92 Å². The summed E-state index contributed by atoms with van der Waals surface area (Å²) in [5, 5.41) is 16.9. The first-order valence-corrected chi connectivity index (χ1v) is 6.12. The molecule has 0 radical (unpaired) electrons. The molecule has 2 atom stereocenters. The first kappa shape index (κ1) is 11.6. The van der Waals surface area contributed by atoms with Crippen LogP contribution in [0.15, 0.2) is 12.3 Å². The van der Waals surface area contributed by atoms with Crippen LogP contribution in [0.1, 0.15) is 25.0 Å². The molecule has 1 fully saturated rings. The zero-order chi connectivity index (χ0) is 11.4. The third kappa shape index (κ3) is 2.62. The van der Waals surface area contributed by atoms with Crippen LogP contribution in [0.3, 0.4) is 0 Å². The van der Waals surface area contributed by atoms with Gasteiger partial charge < -0.3 is 10.4 Å². The Morgan fingerprint density at radius 1 is 1.56 bits per heavy atom. The lowest BCUT2D eigenvalue weighted by Crippen LogP contribution is -2.35. The molecule has 1 aliphatic carbocycles. The van der Waals surface area contributed by atoms with Crippen LogP contribution in [-0.4, -0.2) is 34.1 Å². The molecule has 1 saturated carbocycles. The van der Waals surface area contributed by atoms with E-state index in [1.807, 2.05) is 17.9 Å². The van der Waals surface area contributed by atoms with Crippen LogP contribution >= 0.6 is 0 Å². The molecule has 0 saturated heterocycles. The molecule has 1 aliphatic rings. The Morgan fingerprint density at radius 3 is 3.12 bits per heavy atom. The van der Waals surface area contributed by atoms with Crippen molar-refractivity contribution in [2.24, 2.45) is 13.0 Å². The number of aryl methyl sites for hydroxylation is 1. The fourth-order valence-corrected chi connectivity index (χ4v) is 2.56. The van der Waals surface area contributed by atoms with E-state index in [1.54, 1.807) is 0 Å². The standard InChI is InChI=1S/C12H21N3O/c1-15-11(6-8-14-15)5-7-13-12-4-2-3-10(12)9-16/h6,8,10,12-13,16H,2-5,7,9H2,1H3. The number of aliphatic hydroxyl groups is 1. The summed E-state index contributed by atoms with van der Waals surface area (Å²) in [6.45, 7) is 1.30. The van der Waals surface area contributed by atoms with Crippen LogP contribution < -0.4 is 5.32 Å². The maximum atomic E-state index is 9.21. The summed E-state index contributed by atoms with van der Waals surface area (Å²) < 4.78 is 1.92. The van der Waals surface area contributed by atoms with Gasteiger partial charge in [0.1, 0.15) is 0 Å². The van der Waals surface area contributed by atoms with Gasteiger partial charge in [0.2, 0.25) is 0 Å². The summed E-state index contributed by atoms with van der Waals surface area (Å²) in [4.78, 5) is 0. The molecule has 0 spiro atoms. The van der Waals surface area contributed by atoms with Gasteiger partial charge in [-0.25, -0.2) is 0 Å². The molecule has 2 N–H and O–H groups in total. The van der Waals surface area contributed by atoms with E-state index in [0.717, 1.165) is 13.0 Å². The zero-order valence-corrected chi connectivity index (χ0v) is 9.89. The summed E-state index contributed by atoms with van der Waals surface area (Å²) in [5.74, 6) is 0.464. The van der Waals surface area contributed by atoms with Crippen molar-refractivity contribution in [3.05, 3.63) is 18.0 Å². The highest BCUT2D eigenvalue weighted by Gasteiger charge is 2.25. The normalized spacial score (nSPS) is 25.1. The Morgan fingerprint density at radius 2 is 2.44 bits per heavy atom. The molecule has 0 aromatic carbocycles. The van der Waals surface area contributed by atoms with Crippen molar-refractivity contribution in [2.75, 3.05) is 13.2 Å². The fourth-order valence-electron chi connectivity index (χ4n) is 2.56. The maximum absolute atomic E-state index is 9.21. The van der Waals surface area contributed by atoms with Gasteiger partial charge in [0.15, 0.2) is 0 Å². The average molecular weight is 223 g/mol. The molecule has 0 amide bonds. The van der Waals surface area contributed by atoms with Crippen LogP contribution in [0.5, 0.6) is 0 Å². The molecule has 2 unspecified atom stereocenters. The van der Waals surface area contributed by atoms with Gasteiger partial charge in [-0.2, -0.15) is 5.10 Å². The molecular formula is C12H21N3O. The van der Waals surface area contributed by atoms with Gasteiger partial charge in [-0.1, -0.05) is 6.42 Å². The molecule has 1 aromatic heterocycles. The first-order chi connectivity index (χ1) is 7.81. The van der Waals surface area contributed by atoms with Gasteiger partial charge in [-0.05, 0) is 24.8 Å². The van der Waals surface area contributed by atoms with E-state index < -0.39 is 0 Å². The lowest BCUT2D eigenvalue weighted by molar-refractivity contribution is 0.206. The maximum Gasteiger partial charge on any atom is 0.0492 e. The van der Waals surface area contributed by atoms with Gasteiger partial charge in [0.25, 0.3) is 0 Å². The molecule has 1 aromatic rings. The minimum absolute atomic E-state index is 0.323. The van der Waals surface area contributed by atoms with E-state index >= 15 is 0 Å². The van der Waals surface area contributed by atoms with Crippen molar-refractivity contribution >= 4 is 0 Å². The third-order valence-electron chi connectivity index (χ3n) is 3.60. The highest BCUT2D eigenvalue weighted by molar-refractivity contribution is 5.00. The van der Waals surface area contributed by atoms with Crippen LogP contribution in [0.4, 0.5) is 0 Å². The number of aromatic nitrogens is 2. The Kier molecular flexibility index (Phi) is 3.96. The second-order valence-corrected chi connectivity index (χ2v) is 4.63. The number of rotatable bonds is 5. The second kappa shape index (κ2) is 5.46. The smallest absolute Gasteiger partial charge is 0.0492 e. The second-order valence-electron chi connectivity index (χ2n) is 4.63. The molecule has 4 nitrogen and oxygen atoms in total. The predicted molar refractivity (Wildman–Crippen MR) is 63.1 cm³/mol. The lowest BCUT2D eigenvalue weighted by atomic mass is 10.1. The van der Waals surface area contributed by atoms with E-state index in [0.29, 0.717) is 18.6 Å². The fraction of sp³-hybridized carbons (Fsp3) is 0.750. The van der Waals surface area contributed by atoms with Gasteiger partial charge in [0, 0.05) is 44.6 Å². The summed E-state index contributed by atoms with van der Waals surface area (Å²) in [5.41, 5.74) is 1.26. The van der Waals surface area contributed by atoms with Crippen molar-refractivity contribution in [1.29, 1.82) is 0 Å². The lowest BCUT2D eigenvalue weighted by Gasteiger charge is -2.18. The van der Waals surface area contributed by atoms with Crippen molar-refractivity contribution in [2.45, 2.75) is 31.7 Å². The highest BCUT2D eigenvalue weighted by atomic mass is 16.3. The van der Waals surface area contributed by atoms with E-state index in [4.69, 9.17) is 0 Å². The molecular weight excluding hydrogens is 202 g/mol. The monoisotopic (exact) mass is 223 g/mol. The van der Waals surface area contributed by atoms with Crippen molar-refractivity contribution < 1.29 is 5.11 Å². The molecule has 2 rings (SSSR count). The molecule has 4 heteroatoms. The largest absolute Gasteiger partial charge is 0.396 e. The van der Waals surface area contributed by atoms with E-state index in [9.17, 15) is 5.11 Å². The predicted octanol–water partition coefficient (Wildman–Crippen LogP) is 0.713. The summed E-state index contributed by atoms with van der Waals surface area (Å²) in [7, 11) is 1.97. The third-order valence-corrected chi connectivity index (χ3v) is 3.60. The Hall–Kier alpha value is -0.870. The molecule has 0 bridgehead atoms.